The Morgan fingerprint density at radius 1 is 1.18 bits per heavy atom. The molecule has 2 aliphatic heterocycles. The minimum Gasteiger partial charge on any atom is -0.371 e. The Morgan fingerprint density at radius 2 is 2.09 bits per heavy atom. The van der Waals surface area contributed by atoms with Gasteiger partial charge in [0.05, 0.1) is 11.7 Å². The number of hydrogen-bond donors (Lipinski definition) is 0. The van der Waals surface area contributed by atoms with Crippen LogP contribution in [0.2, 0.25) is 0 Å². The summed E-state index contributed by atoms with van der Waals surface area (Å²) in [5.74, 6) is 0.954. The molecule has 3 unspecified atom stereocenters. The predicted octanol–water partition coefficient (Wildman–Crippen LogP) is 2.50. The molecule has 0 aromatic rings. The fraction of sp³-hybridized carbons (Fsp3) is 1.00. The van der Waals surface area contributed by atoms with Crippen molar-refractivity contribution < 1.29 is 4.74 Å². The zero-order chi connectivity index (χ0) is 7.31. The molecule has 0 aromatic carbocycles. The van der Waals surface area contributed by atoms with Gasteiger partial charge in [-0.05, 0) is 25.2 Å². The molecular weight excluding hydrogens is 136 g/mol. The van der Waals surface area contributed by atoms with Crippen molar-refractivity contribution in [2.45, 2.75) is 56.7 Å². The molecule has 1 nitrogen and oxygen atoms in total. The lowest BCUT2D eigenvalue weighted by Crippen LogP contribution is -2.44. The highest BCUT2D eigenvalue weighted by atomic mass is 16.5. The highest BCUT2D eigenvalue weighted by Gasteiger charge is 2.58. The molecule has 0 radical (unpaired) electrons. The van der Waals surface area contributed by atoms with Crippen molar-refractivity contribution in [3.05, 3.63) is 0 Å². The van der Waals surface area contributed by atoms with Crippen LogP contribution in [0.4, 0.5) is 0 Å². The third-order valence-corrected chi connectivity index (χ3v) is 3.92. The van der Waals surface area contributed by atoms with Crippen molar-refractivity contribution in [2.24, 2.45) is 5.92 Å². The van der Waals surface area contributed by atoms with E-state index in [1.54, 1.807) is 0 Å². The van der Waals surface area contributed by atoms with Crippen LogP contribution in [0.5, 0.6) is 0 Å². The molecular formula is C10H16O. The molecule has 0 amide bonds. The zero-order valence-electron chi connectivity index (χ0n) is 7.01. The second-order valence-corrected chi connectivity index (χ2v) is 4.54. The van der Waals surface area contributed by atoms with Gasteiger partial charge in [0.25, 0.3) is 0 Å². The second-order valence-electron chi connectivity index (χ2n) is 4.54. The van der Waals surface area contributed by atoms with E-state index in [0.29, 0.717) is 11.7 Å². The van der Waals surface area contributed by atoms with E-state index in [0.717, 1.165) is 5.92 Å². The topological polar surface area (TPSA) is 9.23 Å². The highest BCUT2D eigenvalue weighted by Crippen LogP contribution is 2.56. The number of hydrogen-bond acceptors (Lipinski definition) is 1. The molecule has 4 fully saturated rings. The lowest BCUT2D eigenvalue weighted by molar-refractivity contribution is -0.167. The van der Waals surface area contributed by atoms with Crippen molar-refractivity contribution >= 4 is 0 Å². The summed E-state index contributed by atoms with van der Waals surface area (Å²) in [6, 6.07) is 0. The third kappa shape index (κ3) is 0.752. The Bertz CT molecular complexity index is 167. The minimum atomic E-state index is 0.418. The van der Waals surface area contributed by atoms with Crippen molar-refractivity contribution in [3.63, 3.8) is 0 Å². The van der Waals surface area contributed by atoms with Gasteiger partial charge in [0.2, 0.25) is 0 Å². The van der Waals surface area contributed by atoms with Gasteiger partial charge >= 0.3 is 0 Å². The van der Waals surface area contributed by atoms with Gasteiger partial charge in [-0.15, -0.1) is 0 Å². The Labute approximate surface area is 68.1 Å². The van der Waals surface area contributed by atoms with E-state index in [1.807, 2.05) is 0 Å². The fourth-order valence-electron chi connectivity index (χ4n) is 3.37. The van der Waals surface area contributed by atoms with Gasteiger partial charge in [0.15, 0.2) is 0 Å². The average molecular weight is 152 g/mol. The highest BCUT2D eigenvalue weighted by molar-refractivity contribution is 5.07. The molecule has 0 aromatic heterocycles. The third-order valence-electron chi connectivity index (χ3n) is 3.92. The molecule has 4 aliphatic rings. The molecule has 0 N–H and O–H groups in total. The molecule has 4 rings (SSSR count). The fourth-order valence-corrected chi connectivity index (χ4v) is 3.37. The monoisotopic (exact) mass is 152 g/mol. The summed E-state index contributed by atoms with van der Waals surface area (Å²) >= 11 is 0. The first-order valence-electron chi connectivity index (χ1n) is 5.07. The molecule has 2 bridgehead atoms. The van der Waals surface area contributed by atoms with Crippen molar-refractivity contribution in [3.8, 4) is 0 Å². The Morgan fingerprint density at radius 3 is 3.00 bits per heavy atom. The van der Waals surface area contributed by atoms with E-state index in [-0.39, 0.29) is 0 Å². The van der Waals surface area contributed by atoms with Crippen molar-refractivity contribution in [2.75, 3.05) is 0 Å². The number of ether oxygens (including phenoxy) is 1. The lowest BCUT2D eigenvalue weighted by atomic mass is 9.85. The summed E-state index contributed by atoms with van der Waals surface area (Å²) in [6.07, 6.45) is 10.6. The summed E-state index contributed by atoms with van der Waals surface area (Å²) in [7, 11) is 0. The predicted molar refractivity (Wildman–Crippen MR) is 43.4 cm³/mol. The molecule has 2 heterocycles. The standard InChI is InChI=1S/C10H16O/c1-2-4-8-6-9-7-10(8,11-9)5-3-1/h8-9H,1-7H2. The van der Waals surface area contributed by atoms with Gasteiger partial charge < -0.3 is 4.74 Å². The van der Waals surface area contributed by atoms with E-state index in [1.165, 1.54) is 44.9 Å². The van der Waals surface area contributed by atoms with Gasteiger partial charge in [-0.2, -0.15) is 0 Å². The summed E-state index contributed by atoms with van der Waals surface area (Å²) in [4.78, 5) is 0. The smallest absolute Gasteiger partial charge is 0.0740 e. The molecule has 2 aliphatic carbocycles. The summed E-state index contributed by atoms with van der Waals surface area (Å²) < 4.78 is 5.92. The van der Waals surface area contributed by atoms with Crippen LogP contribution in [0.25, 0.3) is 0 Å². The van der Waals surface area contributed by atoms with Crippen molar-refractivity contribution in [1.82, 2.24) is 0 Å². The van der Waals surface area contributed by atoms with Crippen LogP contribution in [0, 0.1) is 5.92 Å². The van der Waals surface area contributed by atoms with E-state index in [4.69, 9.17) is 4.74 Å². The molecule has 2 saturated carbocycles. The van der Waals surface area contributed by atoms with E-state index in [9.17, 15) is 0 Å². The maximum atomic E-state index is 5.92. The van der Waals surface area contributed by atoms with Crippen molar-refractivity contribution in [1.29, 1.82) is 0 Å². The van der Waals surface area contributed by atoms with Crippen LogP contribution < -0.4 is 0 Å². The summed E-state index contributed by atoms with van der Waals surface area (Å²) in [6.45, 7) is 0. The largest absolute Gasteiger partial charge is 0.371 e. The Balaban J connectivity index is 1.85. The Kier molecular flexibility index (Phi) is 1.18. The van der Waals surface area contributed by atoms with Crippen LogP contribution in [-0.4, -0.2) is 11.7 Å². The summed E-state index contributed by atoms with van der Waals surface area (Å²) in [5.41, 5.74) is 0.418. The number of rotatable bonds is 0. The van der Waals surface area contributed by atoms with Crippen LogP contribution in [0.3, 0.4) is 0 Å². The zero-order valence-corrected chi connectivity index (χ0v) is 7.01. The van der Waals surface area contributed by atoms with E-state index >= 15 is 0 Å². The van der Waals surface area contributed by atoms with Gasteiger partial charge in [-0.3, -0.25) is 0 Å². The molecule has 3 atom stereocenters. The lowest BCUT2D eigenvalue weighted by Gasteiger charge is -2.41. The second kappa shape index (κ2) is 2.01. The molecule has 62 valence electrons. The van der Waals surface area contributed by atoms with Gasteiger partial charge in [0, 0.05) is 6.42 Å². The first-order valence-corrected chi connectivity index (χ1v) is 5.07. The SMILES string of the molecule is C1CCC2CC3CC2(CC1)O3. The quantitative estimate of drug-likeness (QED) is 0.518. The first kappa shape index (κ1) is 6.47. The summed E-state index contributed by atoms with van der Waals surface area (Å²) in [5, 5.41) is 0. The molecule has 1 heteroatoms. The van der Waals surface area contributed by atoms with Crippen LogP contribution in [0.15, 0.2) is 0 Å². The molecule has 1 spiro atoms. The van der Waals surface area contributed by atoms with Crippen LogP contribution >= 0.6 is 0 Å². The maximum absolute atomic E-state index is 5.92. The first-order chi connectivity index (χ1) is 5.39. The van der Waals surface area contributed by atoms with E-state index in [2.05, 4.69) is 0 Å². The van der Waals surface area contributed by atoms with E-state index < -0.39 is 0 Å². The minimum absolute atomic E-state index is 0.418. The van der Waals surface area contributed by atoms with Crippen LogP contribution in [-0.2, 0) is 4.74 Å². The molecule has 11 heavy (non-hydrogen) atoms. The normalized spacial score (nSPS) is 54.5. The average Bonchev–Trinajstić information content (AvgIpc) is 2.36. The van der Waals surface area contributed by atoms with Gasteiger partial charge in [0.1, 0.15) is 0 Å². The molecule has 2 saturated heterocycles. The van der Waals surface area contributed by atoms with Gasteiger partial charge in [-0.25, -0.2) is 0 Å². The Hall–Kier alpha value is -0.0400. The van der Waals surface area contributed by atoms with Gasteiger partial charge in [-0.1, -0.05) is 19.3 Å². The van der Waals surface area contributed by atoms with Crippen LogP contribution in [0.1, 0.15) is 44.9 Å². The maximum Gasteiger partial charge on any atom is 0.0740 e.